The van der Waals surface area contributed by atoms with Crippen molar-refractivity contribution in [3.63, 3.8) is 0 Å². The van der Waals surface area contributed by atoms with Crippen LogP contribution in [0.15, 0.2) is 0 Å². The van der Waals surface area contributed by atoms with E-state index in [4.69, 9.17) is 0 Å². The number of Topliss-reactive ketones (excluding diaryl/α,β-unsaturated/α-hetero) is 1. The van der Waals surface area contributed by atoms with Gasteiger partial charge in [0.1, 0.15) is 5.78 Å². The molecule has 2 heteroatoms. The Morgan fingerprint density at radius 3 is 1.04 bits per heavy atom. The fraction of sp³-hybridized carbons (Fsp3) is 0.952. The Morgan fingerprint density at radius 2 is 0.783 bits per heavy atom. The molecule has 0 amide bonds. The predicted octanol–water partition coefficient (Wildman–Crippen LogP) is 6.70. The number of carbonyl (C=O) groups is 1. The molecule has 0 atom stereocenters. The summed E-state index contributed by atoms with van der Waals surface area (Å²) in [6.07, 6.45) is 24.5. The van der Waals surface area contributed by atoms with E-state index in [9.17, 15) is 4.79 Å². The van der Waals surface area contributed by atoms with E-state index in [0.717, 1.165) is 12.8 Å². The number of ketones is 1. The first-order chi connectivity index (χ1) is 10.8. The molecule has 0 aromatic heterocycles. The average molecular weight is 353 g/mol. The van der Waals surface area contributed by atoms with Crippen LogP contribution in [0.2, 0.25) is 0 Å². The van der Waals surface area contributed by atoms with Gasteiger partial charge < -0.3 is 4.79 Å². The van der Waals surface area contributed by atoms with E-state index in [0.29, 0.717) is 5.78 Å². The van der Waals surface area contributed by atoms with Crippen LogP contribution in [0.1, 0.15) is 129 Å². The van der Waals surface area contributed by atoms with E-state index in [1.54, 1.807) is 6.92 Å². The molecule has 0 fully saturated rings. The molecule has 0 aliphatic carbocycles. The molecule has 0 saturated carbocycles. The predicted molar refractivity (Wildman–Crippen MR) is 108 cm³/mol. The average Bonchev–Trinajstić information content (AvgIpc) is 2.50. The molecule has 0 aromatic rings. The normalized spacial score (nSPS) is 10.5. The molecule has 136 valence electrons. The molecule has 0 bridgehead atoms. The summed E-state index contributed by atoms with van der Waals surface area (Å²) >= 11 is 0. The van der Waals surface area contributed by atoms with E-state index in [2.05, 4.69) is 6.92 Å². The molecule has 0 heterocycles. The summed E-state index contributed by atoms with van der Waals surface area (Å²) in [5, 5.41) is 0. The quantitative estimate of drug-likeness (QED) is 0.198. The molecule has 0 spiro atoms. The molecule has 0 saturated heterocycles. The van der Waals surface area contributed by atoms with Crippen LogP contribution in [0.25, 0.3) is 0 Å². The van der Waals surface area contributed by atoms with Crippen molar-refractivity contribution in [3.05, 3.63) is 0 Å². The van der Waals surface area contributed by atoms with Crippen molar-refractivity contribution in [1.29, 1.82) is 0 Å². The molecular weight excluding hydrogens is 308 g/mol. The van der Waals surface area contributed by atoms with Crippen molar-refractivity contribution < 1.29 is 4.79 Å². The minimum atomic E-state index is 0. The molecule has 0 N–H and O–H groups in total. The van der Waals surface area contributed by atoms with E-state index >= 15 is 0 Å². The van der Waals surface area contributed by atoms with Crippen LogP contribution < -0.4 is 0 Å². The van der Waals surface area contributed by atoms with E-state index in [-0.39, 0.29) is 37.7 Å². The second kappa shape index (κ2) is 22.9. The fourth-order valence-electron chi connectivity index (χ4n) is 3.10. The van der Waals surface area contributed by atoms with Gasteiger partial charge in [-0.3, -0.25) is 0 Å². The van der Waals surface area contributed by atoms with E-state index in [1.165, 1.54) is 103 Å². The van der Waals surface area contributed by atoms with Crippen molar-refractivity contribution in [3.8, 4) is 0 Å². The van der Waals surface area contributed by atoms with Gasteiger partial charge in [-0.1, -0.05) is 110 Å². The van der Waals surface area contributed by atoms with Gasteiger partial charge in [-0.25, -0.2) is 0 Å². The monoisotopic (exact) mass is 352 g/mol. The summed E-state index contributed by atoms with van der Waals surface area (Å²) in [5.41, 5.74) is 0. The van der Waals surface area contributed by atoms with Crippen molar-refractivity contribution in [1.82, 2.24) is 0 Å². The van der Waals surface area contributed by atoms with Gasteiger partial charge in [-0.05, 0) is 13.3 Å². The molecule has 0 rings (SSSR count). The molecule has 0 aromatic carbocycles. The van der Waals surface area contributed by atoms with Gasteiger partial charge in [0.2, 0.25) is 0 Å². The van der Waals surface area contributed by atoms with Crippen molar-refractivity contribution >= 4 is 43.5 Å². The maximum atomic E-state index is 10.8. The van der Waals surface area contributed by atoms with Crippen LogP contribution in [0, 0.1) is 0 Å². The first-order valence-corrected chi connectivity index (χ1v) is 10.3. The van der Waals surface area contributed by atoms with Gasteiger partial charge >= 0.3 is 37.7 Å². The van der Waals surface area contributed by atoms with Crippen LogP contribution in [-0.2, 0) is 4.79 Å². The van der Waals surface area contributed by atoms with Crippen LogP contribution >= 0.6 is 0 Å². The van der Waals surface area contributed by atoms with Gasteiger partial charge in [0.15, 0.2) is 0 Å². The zero-order chi connectivity index (χ0) is 16.3. The Kier molecular flexibility index (Phi) is 26.1. The Morgan fingerprint density at radius 1 is 0.522 bits per heavy atom. The summed E-state index contributed by atoms with van der Waals surface area (Å²) in [6.45, 7) is 3.99. The summed E-state index contributed by atoms with van der Waals surface area (Å²) in [7, 11) is 0. The molecule has 0 aliphatic rings. The summed E-state index contributed by atoms with van der Waals surface area (Å²) in [6, 6.07) is 0. The third kappa shape index (κ3) is 25.3. The third-order valence-corrected chi connectivity index (χ3v) is 4.63. The van der Waals surface area contributed by atoms with Gasteiger partial charge in [0.25, 0.3) is 0 Å². The standard InChI is InChI=1S/C21H42O.Ca.2H/c1-3-4-5-6-7-8-9-10-11-12-13-14-15-16-17-18-19-20-21(2)22;;;/h3-20H2,1-2H3;;;. The first-order valence-electron chi connectivity index (χ1n) is 10.3. The topological polar surface area (TPSA) is 17.1 Å². The fourth-order valence-corrected chi connectivity index (χ4v) is 3.10. The van der Waals surface area contributed by atoms with Gasteiger partial charge in [0, 0.05) is 6.42 Å². The SMILES string of the molecule is CCCCCCCCCCCCCCCCCCCC(C)=O.[CaH2]. The Balaban J connectivity index is 0. The van der Waals surface area contributed by atoms with Crippen LogP contribution in [0.4, 0.5) is 0 Å². The number of unbranched alkanes of at least 4 members (excludes halogenated alkanes) is 16. The first kappa shape index (κ1) is 26.2. The number of rotatable bonds is 18. The van der Waals surface area contributed by atoms with Crippen molar-refractivity contribution in [2.75, 3.05) is 0 Å². The van der Waals surface area contributed by atoms with Crippen LogP contribution in [-0.4, -0.2) is 43.5 Å². The van der Waals surface area contributed by atoms with E-state index < -0.39 is 0 Å². The molecule has 0 unspecified atom stereocenters. The zero-order valence-electron chi connectivity index (χ0n) is 15.6. The van der Waals surface area contributed by atoms with Crippen molar-refractivity contribution in [2.45, 2.75) is 129 Å². The second-order valence-electron chi connectivity index (χ2n) is 7.11. The van der Waals surface area contributed by atoms with Crippen LogP contribution in [0.5, 0.6) is 0 Å². The summed E-state index contributed by atoms with van der Waals surface area (Å²) in [5.74, 6) is 0.348. The Bertz CT molecular complexity index is 228. The number of hydrogen-bond donors (Lipinski definition) is 0. The zero-order valence-corrected chi connectivity index (χ0v) is 15.6. The Hall–Kier alpha value is 0.930. The molecule has 1 nitrogen and oxygen atoms in total. The molecule has 23 heavy (non-hydrogen) atoms. The maximum absolute atomic E-state index is 10.8. The Labute approximate surface area is 176 Å². The minimum absolute atomic E-state index is 0. The van der Waals surface area contributed by atoms with Gasteiger partial charge in [0.05, 0.1) is 0 Å². The van der Waals surface area contributed by atoms with Crippen molar-refractivity contribution in [2.24, 2.45) is 0 Å². The van der Waals surface area contributed by atoms with Gasteiger partial charge in [-0.2, -0.15) is 0 Å². The van der Waals surface area contributed by atoms with Gasteiger partial charge in [-0.15, -0.1) is 0 Å². The second-order valence-corrected chi connectivity index (χ2v) is 7.11. The summed E-state index contributed by atoms with van der Waals surface area (Å²) < 4.78 is 0. The summed E-state index contributed by atoms with van der Waals surface area (Å²) in [4.78, 5) is 10.8. The molecule has 0 aliphatic heterocycles. The number of carbonyl (C=O) groups excluding carboxylic acids is 1. The number of hydrogen-bond acceptors (Lipinski definition) is 1. The molecule has 0 radical (unpaired) electrons. The van der Waals surface area contributed by atoms with E-state index in [1.807, 2.05) is 0 Å². The molecular formula is C21H44CaO. The van der Waals surface area contributed by atoms with Crippen LogP contribution in [0.3, 0.4) is 0 Å². The third-order valence-electron chi connectivity index (χ3n) is 4.63.